The zero-order valence-corrected chi connectivity index (χ0v) is 15.0. The minimum absolute atomic E-state index is 0.0893. The van der Waals surface area contributed by atoms with E-state index in [4.69, 9.17) is 5.11 Å². The second-order valence-corrected chi connectivity index (χ2v) is 7.16. The van der Waals surface area contributed by atoms with Crippen LogP contribution in [0.5, 0.6) is 5.75 Å². The third kappa shape index (κ3) is 4.60. The van der Waals surface area contributed by atoms with E-state index < -0.39 is 0 Å². The van der Waals surface area contributed by atoms with Crippen molar-refractivity contribution in [3.8, 4) is 5.75 Å². The van der Waals surface area contributed by atoms with Gasteiger partial charge in [-0.15, -0.1) is 0 Å². The first-order chi connectivity index (χ1) is 12.1. The fourth-order valence-electron chi connectivity index (χ4n) is 4.11. The summed E-state index contributed by atoms with van der Waals surface area (Å²) in [5, 5.41) is 8.59. The standard InChI is InChI=1S/C16H23N.C6H5FO/c1-13(17-11-5-2-6-12-17)15-10-9-14-7-3-4-8-16(14)15;7-5-1-3-6(8)4-2-5/h3-4,7-8,13,15H,2,5-6,9-12H2,1H3;1-4,8H. The first-order valence-electron chi connectivity index (χ1n) is 9.41. The number of aromatic hydroxyl groups is 1. The average molecular weight is 341 g/mol. The molecule has 1 aliphatic carbocycles. The summed E-state index contributed by atoms with van der Waals surface area (Å²) in [4.78, 5) is 2.72. The van der Waals surface area contributed by atoms with Crippen LogP contribution in [0.15, 0.2) is 48.5 Å². The van der Waals surface area contributed by atoms with Gasteiger partial charge in [0, 0.05) is 6.04 Å². The van der Waals surface area contributed by atoms with Gasteiger partial charge in [0.25, 0.3) is 0 Å². The van der Waals surface area contributed by atoms with Crippen molar-refractivity contribution in [3.63, 3.8) is 0 Å². The molecule has 0 bridgehead atoms. The number of benzene rings is 2. The van der Waals surface area contributed by atoms with Crippen LogP contribution in [-0.4, -0.2) is 29.1 Å². The van der Waals surface area contributed by atoms with Gasteiger partial charge in [-0.3, -0.25) is 0 Å². The lowest BCUT2D eigenvalue weighted by Gasteiger charge is -2.36. The molecule has 2 nitrogen and oxygen atoms in total. The van der Waals surface area contributed by atoms with Crippen LogP contribution < -0.4 is 0 Å². The van der Waals surface area contributed by atoms with Crippen LogP contribution in [0.25, 0.3) is 0 Å². The van der Waals surface area contributed by atoms with Gasteiger partial charge in [-0.25, -0.2) is 4.39 Å². The maximum Gasteiger partial charge on any atom is 0.123 e. The number of likely N-dealkylation sites (tertiary alicyclic amines) is 1. The van der Waals surface area contributed by atoms with Crippen molar-refractivity contribution in [1.29, 1.82) is 0 Å². The number of halogens is 1. The van der Waals surface area contributed by atoms with E-state index in [1.165, 1.54) is 69.5 Å². The molecule has 0 radical (unpaired) electrons. The molecule has 0 amide bonds. The Kier molecular flexibility index (Phi) is 6.09. The smallest absolute Gasteiger partial charge is 0.123 e. The number of piperidine rings is 1. The Hall–Kier alpha value is -1.87. The lowest BCUT2D eigenvalue weighted by molar-refractivity contribution is 0.152. The molecule has 1 heterocycles. The number of aryl methyl sites for hydroxylation is 1. The average Bonchev–Trinajstić information content (AvgIpc) is 3.09. The van der Waals surface area contributed by atoms with Crippen molar-refractivity contribution in [3.05, 3.63) is 65.5 Å². The van der Waals surface area contributed by atoms with Gasteiger partial charge in [-0.1, -0.05) is 30.7 Å². The zero-order valence-electron chi connectivity index (χ0n) is 15.0. The van der Waals surface area contributed by atoms with Crippen molar-refractivity contribution >= 4 is 0 Å². The van der Waals surface area contributed by atoms with Crippen molar-refractivity contribution in [2.75, 3.05) is 13.1 Å². The van der Waals surface area contributed by atoms with Crippen molar-refractivity contribution in [1.82, 2.24) is 4.90 Å². The number of rotatable bonds is 2. The summed E-state index contributed by atoms with van der Waals surface area (Å²) in [6.07, 6.45) is 6.89. The molecular weight excluding hydrogens is 313 g/mol. The summed E-state index contributed by atoms with van der Waals surface area (Å²) in [5.74, 6) is 0.540. The number of fused-ring (bicyclic) bond motifs is 1. The highest BCUT2D eigenvalue weighted by Crippen LogP contribution is 2.37. The van der Waals surface area contributed by atoms with Crippen LogP contribution in [0.3, 0.4) is 0 Å². The summed E-state index contributed by atoms with van der Waals surface area (Å²) >= 11 is 0. The van der Waals surface area contributed by atoms with E-state index in [1.807, 2.05) is 0 Å². The molecule has 3 heteroatoms. The molecule has 2 aromatic rings. The highest BCUT2D eigenvalue weighted by molar-refractivity contribution is 5.35. The van der Waals surface area contributed by atoms with Crippen LogP contribution in [0.4, 0.5) is 4.39 Å². The molecule has 0 aromatic heterocycles. The number of hydrogen-bond acceptors (Lipinski definition) is 2. The van der Waals surface area contributed by atoms with Crippen LogP contribution in [0.2, 0.25) is 0 Å². The Labute approximate surface area is 150 Å². The molecule has 4 rings (SSSR count). The largest absolute Gasteiger partial charge is 0.508 e. The maximum atomic E-state index is 12.0. The third-order valence-corrected chi connectivity index (χ3v) is 5.55. The van der Waals surface area contributed by atoms with Gasteiger partial charge in [0.2, 0.25) is 0 Å². The van der Waals surface area contributed by atoms with Gasteiger partial charge >= 0.3 is 0 Å². The molecule has 25 heavy (non-hydrogen) atoms. The summed E-state index contributed by atoms with van der Waals surface area (Å²) in [6.45, 7) is 5.08. The third-order valence-electron chi connectivity index (χ3n) is 5.55. The monoisotopic (exact) mass is 341 g/mol. The van der Waals surface area contributed by atoms with Crippen molar-refractivity contribution in [2.24, 2.45) is 0 Å². The van der Waals surface area contributed by atoms with Gasteiger partial charge in [0.15, 0.2) is 0 Å². The molecule has 0 spiro atoms. The lowest BCUT2D eigenvalue weighted by atomic mass is 9.92. The fourth-order valence-corrected chi connectivity index (χ4v) is 4.11. The Balaban J connectivity index is 0.000000192. The molecule has 2 aromatic carbocycles. The van der Waals surface area contributed by atoms with Crippen LogP contribution in [0, 0.1) is 5.82 Å². The molecule has 0 saturated carbocycles. The molecule has 2 unspecified atom stereocenters. The van der Waals surface area contributed by atoms with Gasteiger partial charge in [-0.2, -0.15) is 0 Å². The summed E-state index contributed by atoms with van der Waals surface area (Å²) in [5.41, 5.74) is 3.23. The van der Waals surface area contributed by atoms with Crippen molar-refractivity contribution < 1.29 is 9.50 Å². The van der Waals surface area contributed by atoms with E-state index in [0.717, 1.165) is 12.0 Å². The minimum atomic E-state index is -0.331. The number of hydrogen-bond donors (Lipinski definition) is 1. The van der Waals surface area contributed by atoms with Gasteiger partial charge < -0.3 is 10.0 Å². The molecule has 1 N–H and O–H groups in total. The highest BCUT2D eigenvalue weighted by atomic mass is 19.1. The van der Waals surface area contributed by atoms with Crippen molar-refractivity contribution in [2.45, 2.75) is 51.0 Å². The van der Waals surface area contributed by atoms with E-state index >= 15 is 0 Å². The van der Waals surface area contributed by atoms with E-state index in [2.05, 4.69) is 36.1 Å². The summed E-state index contributed by atoms with van der Waals surface area (Å²) in [6, 6.07) is 14.8. The first-order valence-corrected chi connectivity index (χ1v) is 9.41. The molecule has 2 atom stereocenters. The van der Waals surface area contributed by atoms with Gasteiger partial charge in [-0.05, 0) is 87.0 Å². The Morgan fingerprint density at radius 3 is 2.36 bits per heavy atom. The predicted octanol–water partition coefficient (Wildman–Crippen LogP) is 5.12. The first kappa shape index (κ1) is 17.9. The number of nitrogens with zero attached hydrogens (tertiary/aromatic N) is 1. The second-order valence-electron chi connectivity index (χ2n) is 7.16. The molecular formula is C22H28FNO. The van der Waals surface area contributed by atoms with Crippen LogP contribution in [-0.2, 0) is 6.42 Å². The summed E-state index contributed by atoms with van der Waals surface area (Å²) in [7, 11) is 0. The zero-order chi connectivity index (χ0) is 17.6. The van der Waals surface area contributed by atoms with Crippen LogP contribution in [0.1, 0.15) is 49.7 Å². The molecule has 1 aliphatic heterocycles. The molecule has 1 fully saturated rings. The SMILES string of the molecule is CC(C1CCc2ccccc21)N1CCCCC1.Oc1ccc(F)cc1. The lowest BCUT2D eigenvalue weighted by Crippen LogP contribution is -2.40. The van der Waals surface area contributed by atoms with E-state index in [0.29, 0.717) is 0 Å². The fraction of sp³-hybridized carbons (Fsp3) is 0.455. The minimum Gasteiger partial charge on any atom is -0.508 e. The van der Waals surface area contributed by atoms with E-state index in [9.17, 15) is 4.39 Å². The van der Waals surface area contributed by atoms with Gasteiger partial charge in [0.1, 0.15) is 11.6 Å². The normalized spacial score (nSPS) is 21.1. The second kappa shape index (κ2) is 8.48. The number of phenolic OH excluding ortho intramolecular Hbond substituents is 1. The Bertz CT molecular complexity index is 643. The van der Waals surface area contributed by atoms with E-state index in [1.54, 1.807) is 11.1 Å². The molecule has 134 valence electrons. The maximum absolute atomic E-state index is 12.0. The summed E-state index contributed by atoms with van der Waals surface area (Å²) < 4.78 is 12.0. The van der Waals surface area contributed by atoms with E-state index in [-0.39, 0.29) is 11.6 Å². The highest BCUT2D eigenvalue weighted by Gasteiger charge is 2.30. The quantitative estimate of drug-likeness (QED) is 0.819. The topological polar surface area (TPSA) is 23.5 Å². The molecule has 2 aliphatic rings. The van der Waals surface area contributed by atoms with Crippen LogP contribution >= 0.6 is 0 Å². The van der Waals surface area contributed by atoms with Gasteiger partial charge in [0.05, 0.1) is 0 Å². The number of phenols is 1. The predicted molar refractivity (Wildman–Crippen MR) is 100 cm³/mol. The Morgan fingerprint density at radius 2 is 1.68 bits per heavy atom. The molecule has 1 saturated heterocycles. The Morgan fingerprint density at radius 1 is 1.00 bits per heavy atom.